The molecule has 0 aliphatic heterocycles. The van der Waals surface area contributed by atoms with E-state index < -0.39 is 0 Å². The third-order valence-corrected chi connectivity index (χ3v) is 6.44. The zero-order valence-electron chi connectivity index (χ0n) is 15.4. The molecule has 0 radical (unpaired) electrons. The highest BCUT2D eigenvalue weighted by Gasteiger charge is 2.23. The van der Waals surface area contributed by atoms with Crippen molar-refractivity contribution in [3.8, 4) is 5.75 Å². The molecular formula is C20H22N2O2S2. The Kier molecular flexibility index (Phi) is 5.74. The predicted molar refractivity (Wildman–Crippen MR) is 107 cm³/mol. The number of hydrogen-bond donors (Lipinski definition) is 0. The molecule has 3 rings (SSSR count). The molecule has 0 fully saturated rings. The van der Waals surface area contributed by atoms with Crippen molar-refractivity contribution < 1.29 is 9.53 Å². The summed E-state index contributed by atoms with van der Waals surface area (Å²) >= 11 is 3.07. The number of hydrogen-bond acceptors (Lipinski definition) is 5. The number of amides is 1. The summed E-state index contributed by atoms with van der Waals surface area (Å²) in [5, 5.41) is 2.84. The second kappa shape index (κ2) is 8.01. The maximum Gasteiger partial charge on any atom is 0.266 e. The molecular weight excluding hydrogens is 364 g/mol. The van der Waals surface area contributed by atoms with Gasteiger partial charge < -0.3 is 9.64 Å². The fourth-order valence-corrected chi connectivity index (χ4v) is 4.34. The van der Waals surface area contributed by atoms with Crippen LogP contribution in [-0.4, -0.2) is 22.8 Å². The predicted octanol–water partition coefficient (Wildman–Crippen LogP) is 5.23. The van der Waals surface area contributed by atoms with Crippen molar-refractivity contribution in [1.82, 2.24) is 9.88 Å². The van der Waals surface area contributed by atoms with Gasteiger partial charge in [0, 0.05) is 11.9 Å². The van der Waals surface area contributed by atoms with Gasteiger partial charge in [0.25, 0.3) is 5.91 Å². The fraction of sp³-hybridized carbons (Fsp3) is 0.300. The average Bonchev–Trinajstić information content (AvgIpc) is 3.29. The number of aromatic nitrogens is 1. The number of aryl methyl sites for hydroxylation is 2. The Bertz CT molecular complexity index is 870. The molecule has 0 spiro atoms. The molecule has 4 nitrogen and oxygen atoms in total. The molecule has 0 N–H and O–H groups in total. The zero-order valence-corrected chi connectivity index (χ0v) is 17.0. The molecule has 0 saturated heterocycles. The van der Waals surface area contributed by atoms with Gasteiger partial charge >= 0.3 is 0 Å². The normalized spacial score (nSPS) is 12.0. The van der Waals surface area contributed by atoms with Crippen molar-refractivity contribution in [2.45, 2.75) is 33.4 Å². The van der Waals surface area contributed by atoms with Crippen LogP contribution in [-0.2, 0) is 6.61 Å². The van der Waals surface area contributed by atoms with E-state index in [0.29, 0.717) is 11.5 Å². The van der Waals surface area contributed by atoms with Crippen LogP contribution in [0.2, 0.25) is 0 Å². The van der Waals surface area contributed by atoms with Gasteiger partial charge in [0.05, 0.1) is 11.7 Å². The van der Waals surface area contributed by atoms with E-state index in [-0.39, 0.29) is 11.9 Å². The van der Waals surface area contributed by atoms with E-state index in [9.17, 15) is 4.79 Å². The highest BCUT2D eigenvalue weighted by atomic mass is 32.1. The Labute approximate surface area is 162 Å². The second-order valence-corrected chi connectivity index (χ2v) is 8.29. The van der Waals surface area contributed by atoms with Crippen molar-refractivity contribution in [3.63, 3.8) is 0 Å². The molecule has 0 saturated carbocycles. The standard InChI is InChI=1S/C20H22N2O2S2/c1-13-7-9-16(10-8-13)24-12-18-21-14(2)19(26-18)20(23)22(4)15(3)17-6-5-11-25-17/h5-11,15H,12H2,1-4H3. The minimum absolute atomic E-state index is 0.00230. The van der Waals surface area contributed by atoms with Crippen LogP contribution in [0.5, 0.6) is 5.75 Å². The molecule has 0 aliphatic rings. The SMILES string of the molecule is Cc1ccc(OCc2nc(C)c(C(=O)N(C)C(C)c3cccs3)s2)cc1. The van der Waals surface area contributed by atoms with E-state index >= 15 is 0 Å². The molecule has 1 atom stereocenters. The summed E-state index contributed by atoms with van der Waals surface area (Å²) in [6.07, 6.45) is 0. The van der Waals surface area contributed by atoms with Crippen LogP contribution in [0.15, 0.2) is 41.8 Å². The minimum Gasteiger partial charge on any atom is -0.486 e. The van der Waals surface area contributed by atoms with Crippen molar-refractivity contribution >= 4 is 28.6 Å². The smallest absolute Gasteiger partial charge is 0.266 e. The molecule has 2 heterocycles. The van der Waals surface area contributed by atoms with E-state index in [4.69, 9.17) is 4.74 Å². The van der Waals surface area contributed by atoms with Gasteiger partial charge in [-0.3, -0.25) is 4.79 Å². The van der Waals surface area contributed by atoms with E-state index in [2.05, 4.69) is 11.1 Å². The Balaban J connectivity index is 1.68. The lowest BCUT2D eigenvalue weighted by atomic mass is 10.2. The van der Waals surface area contributed by atoms with Crippen LogP contribution in [0.4, 0.5) is 0 Å². The number of rotatable bonds is 6. The number of thiazole rings is 1. The fourth-order valence-electron chi connectivity index (χ4n) is 2.55. The zero-order chi connectivity index (χ0) is 18.7. The molecule has 0 bridgehead atoms. The first kappa shape index (κ1) is 18.6. The van der Waals surface area contributed by atoms with Crippen molar-refractivity contribution in [3.05, 3.63) is 67.8 Å². The molecule has 1 unspecified atom stereocenters. The second-order valence-electron chi connectivity index (χ2n) is 6.23. The van der Waals surface area contributed by atoms with Crippen LogP contribution < -0.4 is 4.74 Å². The molecule has 2 aromatic heterocycles. The summed E-state index contributed by atoms with van der Waals surface area (Å²) in [6, 6.07) is 12.0. The van der Waals surface area contributed by atoms with Gasteiger partial charge in [-0.2, -0.15) is 0 Å². The average molecular weight is 387 g/mol. The summed E-state index contributed by atoms with van der Waals surface area (Å²) in [6.45, 7) is 6.33. The number of carbonyl (C=O) groups is 1. The van der Waals surface area contributed by atoms with E-state index in [1.165, 1.54) is 21.8 Å². The maximum absolute atomic E-state index is 12.9. The molecule has 1 amide bonds. The Morgan fingerprint density at radius 2 is 1.96 bits per heavy atom. The molecule has 3 aromatic rings. The summed E-state index contributed by atoms with van der Waals surface area (Å²) in [7, 11) is 1.84. The van der Waals surface area contributed by atoms with Gasteiger partial charge in [-0.1, -0.05) is 23.8 Å². The highest BCUT2D eigenvalue weighted by molar-refractivity contribution is 7.13. The summed E-state index contributed by atoms with van der Waals surface area (Å²) in [4.78, 5) is 21.0. The lowest BCUT2D eigenvalue weighted by molar-refractivity contribution is 0.0749. The summed E-state index contributed by atoms with van der Waals surface area (Å²) in [5.74, 6) is 0.808. The first-order valence-corrected chi connectivity index (χ1v) is 10.1. The molecule has 0 aliphatic carbocycles. The van der Waals surface area contributed by atoms with Crippen molar-refractivity contribution in [2.24, 2.45) is 0 Å². The van der Waals surface area contributed by atoms with Gasteiger partial charge in [-0.05, 0) is 44.4 Å². The topological polar surface area (TPSA) is 42.4 Å². The van der Waals surface area contributed by atoms with Crippen LogP contribution in [0.25, 0.3) is 0 Å². The largest absolute Gasteiger partial charge is 0.486 e. The van der Waals surface area contributed by atoms with E-state index in [1.807, 2.05) is 63.5 Å². The summed E-state index contributed by atoms with van der Waals surface area (Å²) in [5.41, 5.74) is 1.95. The quantitative estimate of drug-likeness (QED) is 0.582. The van der Waals surface area contributed by atoms with Crippen LogP contribution in [0.1, 0.15) is 43.8 Å². The first-order chi connectivity index (χ1) is 12.5. The van der Waals surface area contributed by atoms with Gasteiger partial charge in [-0.25, -0.2) is 4.98 Å². The van der Waals surface area contributed by atoms with E-state index in [1.54, 1.807) is 16.2 Å². The van der Waals surface area contributed by atoms with Crippen molar-refractivity contribution in [2.75, 3.05) is 7.05 Å². The molecule has 6 heteroatoms. The highest BCUT2D eigenvalue weighted by Crippen LogP contribution is 2.28. The van der Waals surface area contributed by atoms with Crippen molar-refractivity contribution in [1.29, 1.82) is 0 Å². The first-order valence-electron chi connectivity index (χ1n) is 8.42. The third-order valence-electron chi connectivity index (χ3n) is 4.27. The van der Waals surface area contributed by atoms with E-state index in [0.717, 1.165) is 16.5 Å². The molecule has 1 aromatic carbocycles. The lowest BCUT2D eigenvalue weighted by Gasteiger charge is -2.23. The van der Waals surface area contributed by atoms with Gasteiger partial charge in [0.2, 0.25) is 0 Å². The number of thiophene rings is 1. The molecule has 136 valence electrons. The van der Waals surface area contributed by atoms with Gasteiger partial charge in [-0.15, -0.1) is 22.7 Å². The minimum atomic E-state index is 0.00230. The lowest BCUT2D eigenvalue weighted by Crippen LogP contribution is -2.29. The van der Waals surface area contributed by atoms with Gasteiger partial charge in [0.15, 0.2) is 0 Å². The Morgan fingerprint density at radius 1 is 1.23 bits per heavy atom. The van der Waals surface area contributed by atoms with Crippen LogP contribution >= 0.6 is 22.7 Å². The number of benzene rings is 1. The monoisotopic (exact) mass is 386 g/mol. The van der Waals surface area contributed by atoms with Crippen LogP contribution in [0, 0.1) is 13.8 Å². The Morgan fingerprint density at radius 3 is 2.62 bits per heavy atom. The number of ether oxygens (including phenoxy) is 1. The summed E-state index contributed by atoms with van der Waals surface area (Å²) < 4.78 is 5.79. The van der Waals surface area contributed by atoms with Gasteiger partial charge in [0.1, 0.15) is 22.2 Å². The number of carbonyl (C=O) groups excluding carboxylic acids is 1. The maximum atomic E-state index is 12.9. The third kappa shape index (κ3) is 4.14. The van der Waals surface area contributed by atoms with Crippen LogP contribution in [0.3, 0.4) is 0 Å². The molecule has 26 heavy (non-hydrogen) atoms. The Hall–Kier alpha value is -2.18. The number of nitrogens with zero attached hydrogens (tertiary/aromatic N) is 2.